The highest BCUT2D eigenvalue weighted by Crippen LogP contribution is 2.12. The smallest absolute Gasteiger partial charge is 0.213 e. The second-order valence-electron chi connectivity index (χ2n) is 4.90. The number of nitrogens with zero attached hydrogens (tertiary/aromatic N) is 1. The van der Waals surface area contributed by atoms with Gasteiger partial charge in [0.2, 0.25) is 5.88 Å². The van der Waals surface area contributed by atoms with E-state index in [9.17, 15) is 0 Å². The van der Waals surface area contributed by atoms with Gasteiger partial charge in [-0.25, -0.2) is 4.98 Å². The van der Waals surface area contributed by atoms with Gasteiger partial charge >= 0.3 is 0 Å². The van der Waals surface area contributed by atoms with Gasteiger partial charge in [0.25, 0.3) is 0 Å². The molecule has 0 aliphatic rings. The molecule has 0 unspecified atom stereocenters. The van der Waals surface area contributed by atoms with Crippen molar-refractivity contribution in [1.29, 1.82) is 0 Å². The van der Waals surface area contributed by atoms with Crippen LogP contribution in [0.4, 0.5) is 0 Å². The number of aryl methyl sites for hydroxylation is 1. The first-order chi connectivity index (χ1) is 9.11. The minimum absolute atomic E-state index is 0.239. The highest BCUT2D eigenvalue weighted by atomic mass is 16.5. The Hall–Kier alpha value is -1.13. The van der Waals surface area contributed by atoms with Gasteiger partial charge in [-0.3, -0.25) is 0 Å². The van der Waals surface area contributed by atoms with Crippen LogP contribution in [0.2, 0.25) is 0 Å². The Morgan fingerprint density at radius 3 is 2.74 bits per heavy atom. The SMILES string of the molecule is CCCNCc1cc(C)nc(OCCOC(C)C)c1. The van der Waals surface area contributed by atoms with Crippen LogP contribution in [-0.4, -0.2) is 30.8 Å². The maximum absolute atomic E-state index is 5.62. The summed E-state index contributed by atoms with van der Waals surface area (Å²) in [6, 6.07) is 4.07. The van der Waals surface area contributed by atoms with Gasteiger partial charge in [-0.15, -0.1) is 0 Å². The van der Waals surface area contributed by atoms with Crippen LogP contribution in [0.1, 0.15) is 38.4 Å². The fourth-order valence-corrected chi connectivity index (χ4v) is 1.72. The summed E-state index contributed by atoms with van der Waals surface area (Å²) in [4.78, 5) is 4.37. The molecule has 108 valence electrons. The number of pyridine rings is 1. The van der Waals surface area contributed by atoms with Gasteiger partial charge in [0.15, 0.2) is 0 Å². The van der Waals surface area contributed by atoms with E-state index in [1.165, 1.54) is 5.56 Å². The average molecular weight is 266 g/mol. The van der Waals surface area contributed by atoms with Crippen LogP contribution in [0.5, 0.6) is 5.88 Å². The molecule has 0 saturated carbocycles. The zero-order valence-electron chi connectivity index (χ0n) is 12.5. The second kappa shape index (κ2) is 8.88. The third-order valence-electron chi connectivity index (χ3n) is 2.53. The topological polar surface area (TPSA) is 43.4 Å². The highest BCUT2D eigenvalue weighted by molar-refractivity contribution is 5.24. The van der Waals surface area contributed by atoms with E-state index < -0.39 is 0 Å². The van der Waals surface area contributed by atoms with E-state index in [-0.39, 0.29) is 6.10 Å². The van der Waals surface area contributed by atoms with E-state index in [2.05, 4.69) is 23.3 Å². The summed E-state index contributed by atoms with van der Waals surface area (Å²) < 4.78 is 11.1. The van der Waals surface area contributed by atoms with Crippen LogP contribution in [0.3, 0.4) is 0 Å². The number of hydrogen-bond acceptors (Lipinski definition) is 4. The summed E-state index contributed by atoms with van der Waals surface area (Å²) >= 11 is 0. The van der Waals surface area contributed by atoms with Crippen molar-refractivity contribution in [2.45, 2.75) is 46.8 Å². The molecule has 1 aromatic heterocycles. The van der Waals surface area contributed by atoms with Crippen molar-refractivity contribution in [1.82, 2.24) is 10.3 Å². The van der Waals surface area contributed by atoms with Crippen LogP contribution in [0.25, 0.3) is 0 Å². The molecule has 0 spiro atoms. The quantitative estimate of drug-likeness (QED) is 0.698. The maximum Gasteiger partial charge on any atom is 0.213 e. The van der Waals surface area contributed by atoms with Crippen LogP contribution in [-0.2, 0) is 11.3 Å². The van der Waals surface area contributed by atoms with Crippen molar-refractivity contribution in [3.8, 4) is 5.88 Å². The largest absolute Gasteiger partial charge is 0.475 e. The van der Waals surface area contributed by atoms with Crippen molar-refractivity contribution in [2.75, 3.05) is 19.8 Å². The van der Waals surface area contributed by atoms with Gasteiger partial charge in [0.05, 0.1) is 12.7 Å². The number of ether oxygens (including phenoxy) is 2. The molecule has 0 aliphatic heterocycles. The fourth-order valence-electron chi connectivity index (χ4n) is 1.72. The first-order valence-electron chi connectivity index (χ1n) is 7.04. The summed E-state index contributed by atoms with van der Waals surface area (Å²) in [5.41, 5.74) is 2.19. The summed E-state index contributed by atoms with van der Waals surface area (Å²) in [7, 11) is 0. The summed E-state index contributed by atoms with van der Waals surface area (Å²) in [6.07, 6.45) is 1.38. The van der Waals surface area contributed by atoms with E-state index in [4.69, 9.17) is 9.47 Å². The van der Waals surface area contributed by atoms with E-state index in [1.807, 2.05) is 26.8 Å². The van der Waals surface area contributed by atoms with Gasteiger partial charge in [0, 0.05) is 18.3 Å². The number of nitrogens with one attached hydrogen (secondary N) is 1. The molecule has 0 aliphatic carbocycles. The fraction of sp³-hybridized carbons (Fsp3) is 0.667. The Morgan fingerprint density at radius 1 is 1.26 bits per heavy atom. The molecule has 1 aromatic rings. The lowest BCUT2D eigenvalue weighted by atomic mass is 10.2. The lowest BCUT2D eigenvalue weighted by molar-refractivity contribution is 0.0542. The minimum atomic E-state index is 0.239. The molecule has 4 heteroatoms. The molecule has 0 saturated heterocycles. The Labute approximate surface area is 116 Å². The van der Waals surface area contributed by atoms with E-state index in [0.29, 0.717) is 19.1 Å². The second-order valence-corrected chi connectivity index (χ2v) is 4.90. The molecule has 19 heavy (non-hydrogen) atoms. The third-order valence-corrected chi connectivity index (χ3v) is 2.53. The molecule has 1 rings (SSSR count). The van der Waals surface area contributed by atoms with E-state index >= 15 is 0 Å². The summed E-state index contributed by atoms with van der Waals surface area (Å²) in [5, 5.41) is 3.38. The maximum atomic E-state index is 5.62. The monoisotopic (exact) mass is 266 g/mol. The lowest BCUT2D eigenvalue weighted by Gasteiger charge is -2.11. The van der Waals surface area contributed by atoms with Crippen LogP contribution in [0, 0.1) is 6.92 Å². The first kappa shape index (κ1) is 15.9. The van der Waals surface area contributed by atoms with Gasteiger partial charge < -0.3 is 14.8 Å². The normalized spacial score (nSPS) is 11.0. The molecule has 4 nitrogen and oxygen atoms in total. The minimum Gasteiger partial charge on any atom is -0.475 e. The predicted octanol–water partition coefficient (Wildman–Crippen LogP) is 2.69. The number of aromatic nitrogens is 1. The summed E-state index contributed by atoms with van der Waals surface area (Å²) in [6.45, 7) is 11.2. The first-order valence-corrected chi connectivity index (χ1v) is 7.04. The zero-order chi connectivity index (χ0) is 14.1. The highest BCUT2D eigenvalue weighted by Gasteiger charge is 2.02. The van der Waals surface area contributed by atoms with Crippen molar-refractivity contribution in [3.63, 3.8) is 0 Å². The Bertz CT molecular complexity index is 367. The van der Waals surface area contributed by atoms with Crippen LogP contribution >= 0.6 is 0 Å². The third kappa shape index (κ3) is 7.13. The Morgan fingerprint density at radius 2 is 2.05 bits per heavy atom. The Balaban J connectivity index is 2.44. The molecule has 0 bridgehead atoms. The zero-order valence-corrected chi connectivity index (χ0v) is 12.5. The molecule has 0 atom stereocenters. The molecular weight excluding hydrogens is 240 g/mol. The Kier molecular flexibility index (Phi) is 7.45. The molecular formula is C15H26N2O2. The number of rotatable bonds is 9. The molecule has 0 amide bonds. The molecule has 0 fully saturated rings. The van der Waals surface area contributed by atoms with Gasteiger partial charge in [-0.1, -0.05) is 6.92 Å². The van der Waals surface area contributed by atoms with Gasteiger partial charge in [-0.2, -0.15) is 0 Å². The van der Waals surface area contributed by atoms with Gasteiger partial charge in [-0.05, 0) is 45.4 Å². The van der Waals surface area contributed by atoms with E-state index in [0.717, 1.165) is 25.2 Å². The van der Waals surface area contributed by atoms with Crippen molar-refractivity contribution in [3.05, 3.63) is 23.4 Å². The van der Waals surface area contributed by atoms with E-state index in [1.54, 1.807) is 0 Å². The predicted molar refractivity (Wildman–Crippen MR) is 77.6 cm³/mol. The molecule has 0 radical (unpaired) electrons. The lowest BCUT2D eigenvalue weighted by Crippen LogP contribution is -2.15. The summed E-state index contributed by atoms with van der Waals surface area (Å²) in [5.74, 6) is 0.681. The van der Waals surface area contributed by atoms with Crippen molar-refractivity contribution < 1.29 is 9.47 Å². The van der Waals surface area contributed by atoms with Crippen LogP contribution < -0.4 is 10.1 Å². The molecule has 1 N–H and O–H groups in total. The van der Waals surface area contributed by atoms with Crippen molar-refractivity contribution in [2.24, 2.45) is 0 Å². The van der Waals surface area contributed by atoms with Gasteiger partial charge in [0.1, 0.15) is 6.61 Å². The van der Waals surface area contributed by atoms with Crippen molar-refractivity contribution >= 4 is 0 Å². The number of hydrogen-bond donors (Lipinski definition) is 1. The average Bonchev–Trinajstić information content (AvgIpc) is 2.34. The van der Waals surface area contributed by atoms with Crippen LogP contribution in [0.15, 0.2) is 12.1 Å². The molecule has 1 heterocycles. The standard InChI is InChI=1S/C15H26N2O2/c1-5-6-16-11-14-9-13(4)17-15(10-14)19-8-7-18-12(2)3/h9-10,12,16H,5-8,11H2,1-4H3. The molecule has 0 aromatic carbocycles.